The molecule has 176 valence electrons. The Labute approximate surface area is 201 Å². The van der Waals surface area contributed by atoms with Crippen LogP contribution < -0.4 is 11.1 Å². The zero-order chi connectivity index (χ0) is 23.4. The SMILES string of the molecule is Nc1nc2cc(CC[C@H]3C[C@@H](n4ccc5c(NC6CC6)ncnc54)[C@H](O)[C@@H]3O)ccc2cc1Cl. The molecule has 0 unspecified atom stereocenters. The predicted molar refractivity (Wildman–Crippen MR) is 133 cm³/mol. The molecule has 0 radical (unpaired) electrons. The number of hydrogen-bond acceptors (Lipinski definition) is 7. The lowest BCUT2D eigenvalue weighted by molar-refractivity contribution is 0.00545. The summed E-state index contributed by atoms with van der Waals surface area (Å²) in [6.45, 7) is 0. The predicted octanol–water partition coefficient (Wildman–Crippen LogP) is 3.71. The van der Waals surface area contributed by atoms with Crippen molar-refractivity contribution in [2.24, 2.45) is 5.92 Å². The number of nitrogens with one attached hydrogen (secondary N) is 1. The highest BCUT2D eigenvalue weighted by Crippen LogP contribution is 2.40. The van der Waals surface area contributed by atoms with Gasteiger partial charge in [-0.15, -0.1) is 0 Å². The second kappa shape index (κ2) is 8.37. The second-order valence-electron chi connectivity index (χ2n) is 9.57. The van der Waals surface area contributed by atoms with Gasteiger partial charge in [0, 0.05) is 17.6 Å². The van der Waals surface area contributed by atoms with Crippen molar-refractivity contribution < 1.29 is 10.2 Å². The number of rotatable bonds is 6. The molecule has 0 aliphatic heterocycles. The van der Waals surface area contributed by atoms with Gasteiger partial charge in [0.2, 0.25) is 0 Å². The van der Waals surface area contributed by atoms with E-state index in [1.807, 2.05) is 35.0 Å². The molecule has 0 saturated heterocycles. The largest absolute Gasteiger partial charge is 0.390 e. The molecule has 3 heterocycles. The van der Waals surface area contributed by atoms with Crippen molar-refractivity contribution in [3.05, 3.63) is 53.4 Å². The normalized spacial score (nSPS) is 24.8. The molecule has 0 spiro atoms. The second-order valence-corrected chi connectivity index (χ2v) is 9.97. The molecular formula is C25H27ClN6O2. The third-order valence-electron chi connectivity index (χ3n) is 7.22. The highest BCUT2D eigenvalue weighted by Gasteiger charge is 2.42. The van der Waals surface area contributed by atoms with Crippen molar-refractivity contribution in [2.75, 3.05) is 11.1 Å². The highest BCUT2D eigenvalue weighted by molar-refractivity contribution is 6.33. The fourth-order valence-corrected chi connectivity index (χ4v) is 5.31. The molecule has 9 heteroatoms. The van der Waals surface area contributed by atoms with E-state index in [-0.39, 0.29) is 12.0 Å². The smallest absolute Gasteiger partial charge is 0.145 e. The number of hydrogen-bond donors (Lipinski definition) is 4. The van der Waals surface area contributed by atoms with E-state index in [0.29, 0.717) is 23.3 Å². The van der Waals surface area contributed by atoms with Gasteiger partial charge in [0.15, 0.2) is 0 Å². The number of aryl methyl sites for hydroxylation is 1. The maximum absolute atomic E-state index is 10.9. The highest BCUT2D eigenvalue weighted by atomic mass is 35.5. The Morgan fingerprint density at radius 2 is 1.97 bits per heavy atom. The summed E-state index contributed by atoms with van der Waals surface area (Å²) in [5.74, 6) is 1.13. The van der Waals surface area contributed by atoms with Crippen LogP contribution in [-0.4, -0.2) is 48.0 Å². The van der Waals surface area contributed by atoms with Crippen LogP contribution in [0.15, 0.2) is 42.9 Å². The molecule has 6 rings (SSSR count). The quantitative estimate of drug-likeness (QED) is 0.333. The van der Waals surface area contributed by atoms with Crippen LogP contribution in [0, 0.1) is 5.92 Å². The third-order valence-corrected chi connectivity index (χ3v) is 7.53. The molecule has 2 saturated carbocycles. The number of aliphatic hydroxyl groups is 2. The van der Waals surface area contributed by atoms with Crippen molar-refractivity contribution >= 4 is 45.2 Å². The average Bonchev–Trinajstić information content (AvgIpc) is 3.47. The van der Waals surface area contributed by atoms with Gasteiger partial charge in [-0.05, 0) is 61.8 Å². The summed E-state index contributed by atoms with van der Waals surface area (Å²) < 4.78 is 2.00. The minimum absolute atomic E-state index is 0.0257. The van der Waals surface area contributed by atoms with Gasteiger partial charge < -0.3 is 25.8 Å². The Balaban J connectivity index is 1.19. The molecule has 2 fully saturated rings. The molecule has 5 N–H and O–H groups in total. The van der Waals surface area contributed by atoms with Crippen LogP contribution in [-0.2, 0) is 6.42 Å². The van der Waals surface area contributed by atoms with Crippen LogP contribution in [0.4, 0.5) is 11.6 Å². The molecular weight excluding hydrogens is 452 g/mol. The first-order valence-electron chi connectivity index (χ1n) is 11.8. The lowest BCUT2D eigenvalue weighted by Gasteiger charge is -2.19. The zero-order valence-corrected chi connectivity index (χ0v) is 19.4. The van der Waals surface area contributed by atoms with Crippen molar-refractivity contribution in [2.45, 2.75) is 56.4 Å². The van der Waals surface area contributed by atoms with Crippen LogP contribution in [0.5, 0.6) is 0 Å². The van der Waals surface area contributed by atoms with Crippen molar-refractivity contribution in [3.63, 3.8) is 0 Å². The summed E-state index contributed by atoms with van der Waals surface area (Å²) in [5.41, 5.74) is 8.56. The molecule has 2 aliphatic carbocycles. The minimum Gasteiger partial charge on any atom is -0.390 e. The van der Waals surface area contributed by atoms with E-state index in [0.717, 1.165) is 59.0 Å². The Kier molecular flexibility index (Phi) is 5.32. The summed E-state index contributed by atoms with van der Waals surface area (Å²) in [4.78, 5) is 13.3. The standard InChI is InChI=1S/C25H27ClN6O2/c26-18-10-14-3-1-13(9-19(14)31-23(18)27)2-4-15-11-20(22(34)21(15)33)32-8-7-17-24(30-16-5-6-16)28-12-29-25(17)32/h1,3,7-10,12,15-16,20-22,33-34H,2,4-6,11H2,(H2,27,31)(H,28,29,30)/t15-,20+,21+,22-/m0/s1. The Morgan fingerprint density at radius 3 is 2.79 bits per heavy atom. The van der Waals surface area contributed by atoms with Gasteiger partial charge in [0.1, 0.15) is 29.7 Å². The average molecular weight is 479 g/mol. The van der Waals surface area contributed by atoms with Crippen LogP contribution >= 0.6 is 11.6 Å². The monoisotopic (exact) mass is 478 g/mol. The first-order chi connectivity index (χ1) is 16.5. The number of aromatic nitrogens is 4. The number of nitrogen functional groups attached to an aromatic ring is 1. The molecule has 1 aromatic carbocycles. The van der Waals surface area contributed by atoms with E-state index in [9.17, 15) is 10.2 Å². The number of fused-ring (bicyclic) bond motifs is 2. The first kappa shape index (κ1) is 21.6. The van der Waals surface area contributed by atoms with Gasteiger partial charge in [-0.1, -0.05) is 23.7 Å². The number of aliphatic hydroxyl groups excluding tert-OH is 2. The van der Waals surface area contributed by atoms with E-state index < -0.39 is 12.2 Å². The summed E-state index contributed by atoms with van der Waals surface area (Å²) in [7, 11) is 0. The molecule has 4 aromatic rings. The molecule has 4 atom stereocenters. The van der Waals surface area contributed by atoms with E-state index in [4.69, 9.17) is 17.3 Å². The third kappa shape index (κ3) is 3.85. The lowest BCUT2D eigenvalue weighted by atomic mass is 9.95. The number of nitrogens with two attached hydrogens (primary N) is 1. The first-order valence-corrected chi connectivity index (χ1v) is 12.1. The van der Waals surface area contributed by atoms with Gasteiger partial charge in [0.25, 0.3) is 0 Å². The van der Waals surface area contributed by atoms with Crippen LogP contribution in [0.2, 0.25) is 5.02 Å². The fourth-order valence-electron chi connectivity index (χ4n) is 5.15. The van der Waals surface area contributed by atoms with Gasteiger partial charge in [0.05, 0.1) is 28.1 Å². The van der Waals surface area contributed by atoms with E-state index in [1.54, 1.807) is 6.33 Å². The zero-order valence-electron chi connectivity index (χ0n) is 18.6. The number of anilines is 2. The Hall–Kier alpha value is -2.94. The number of nitrogens with zero attached hydrogens (tertiary/aromatic N) is 4. The van der Waals surface area contributed by atoms with Crippen molar-refractivity contribution in [1.29, 1.82) is 0 Å². The molecule has 3 aromatic heterocycles. The number of halogens is 1. The number of benzene rings is 1. The number of pyridine rings is 1. The van der Waals surface area contributed by atoms with Crippen LogP contribution in [0.25, 0.3) is 21.9 Å². The fraction of sp³-hybridized carbons (Fsp3) is 0.400. The molecule has 2 aliphatic rings. The topological polar surface area (TPSA) is 122 Å². The van der Waals surface area contributed by atoms with Crippen molar-refractivity contribution in [3.8, 4) is 0 Å². The molecule has 8 nitrogen and oxygen atoms in total. The van der Waals surface area contributed by atoms with Crippen LogP contribution in [0.1, 0.15) is 37.3 Å². The molecule has 34 heavy (non-hydrogen) atoms. The summed E-state index contributed by atoms with van der Waals surface area (Å²) in [6, 6.07) is 10.1. The summed E-state index contributed by atoms with van der Waals surface area (Å²) in [6.07, 6.45) is 6.40. The molecule has 0 bridgehead atoms. The molecule has 0 amide bonds. The minimum atomic E-state index is -0.851. The summed E-state index contributed by atoms with van der Waals surface area (Å²) in [5, 5.41) is 27.5. The van der Waals surface area contributed by atoms with Crippen LogP contribution in [0.3, 0.4) is 0 Å². The van der Waals surface area contributed by atoms with E-state index in [1.165, 1.54) is 0 Å². The van der Waals surface area contributed by atoms with Gasteiger partial charge in [-0.3, -0.25) is 0 Å². The Bertz CT molecular complexity index is 1370. The maximum atomic E-state index is 10.9. The maximum Gasteiger partial charge on any atom is 0.145 e. The van der Waals surface area contributed by atoms with Gasteiger partial charge in [-0.2, -0.15) is 0 Å². The van der Waals surface area contributed by atoms with Gasteiger partial charge >= 0.3 is 0 Å². The van der Waals surface area contributed by atoms with Crippen molar-refractivity contribution in [1.82, 2.24) is 19.5 Å². The van der Waals surface area contributed by atoms with Gasteiger partial charge in [-0.25, -0.2) is 15.0 Å². The Morgan fingerprint density at radius 1 is 1.12 bits per heavy atom. The van der Waals surface area contributed by atoms with E-state index >= 15 is 0 Å². The lowest BCUT2D eigenvalue weighted by Crippen LogP contribution is -2.29. The van der Waals surface area contributed by atoms with E-state index in [2.05, 4.69) is 26.3 Å². The summed E-state index contributed by atoms with van der Waals surface area (Å²) >= 11 is 6.08.